The van der Waals surface area contributed by atoms with Crippen LogP contribution in [0.5, 0.6) is 11.5 Å². The second-order valence-electron chi connectivity index (χ2n) is 22.3. The van der Waals surface area contributed by atoms with E-state index in [9.17, 15) is 0 Å². The minimum atomic E-state index is -0.0980. The molecule has 0 radical (unpaired) electrons. The highest BCUT2D eigenvalue weighted by Crippen LogP contribution is 2.70. The summed E-state index contributed by atoms with van der Waals surface area (Å²) in [6.45, 7) is 19.9. The molecule has 0 saturated heterocycles. The Morgan fingerprint density at radius 1 is 0.466 bits per heavy atom. The molecule has 0 N–H and O–H groups in total. The van der Waals surface area contributed by atoms with Crippen molar-refractivity contribution >= 4 is 17.1 Å². The lowest BCUT2D eigenvalue weighted by atomic mass is 9.41. The van der Waals surface area contributed by atoms with E-state index in [4.69, 9.17) is 4.74 Å². The number of rotatable bonds is 4. The molecule has 1 aliphatic heterocycles. The van der Waals surface area contributed by atoms with E-state index in [1.54, 1.807) is 0 Å². The van der Waals surface area contributed by atoms with Gasteiger partial charge >= 0.3 is 0 Å². The zero-order valence-corrected chi connectivity index (χ0v) is 36.3. The van der Waals surface area contributed by atoms with Crippen LogP contribution in [0.15, 0.2) is 103 Å². The van der Waals surface area contributed by atoms with Gasteiger partial charge in [0, 0.05) is 22.2 Å². The molecule has 298 valence electrons. The van der Waals surface area contributed by atoms with E-state index in [1.165, 1.54) is 119 Å². The fourth-order valence-electron chi connectivity index (χ4n) is 14.2. The lowest BCUT2D eigenvalue weighted by Crippen LogP contribution is -2.57. The smallest absolute Gasteiger partial charge is 0.132 e. The highest BCUT2D eigenvalue weighted by Gasteiger charge is 2.62. The van der Waals surface area contributed by atoms with Crippen molar-refractivity contribution in [2.75, 3.05) is 4.90 Å². The first-order chi connectivity index (χ1) is 27.7. The van der Waals surface area contributed by atoms with E-state index in [0.717, 1.165) is 23.3 Å². The minimum absolute atomic E-state index is 0.0345. The molecule has 5 aromatic rings. The predicted molar refractivity (Wildman–Crippen MR) is 241 cm³/mol. The van der Waals surface area contributed by atoms with Crippen LogP contribution in [0.4, 0.5) is 17.1 Å². The molecule has 6 aliphatic carbocycles. The minimum Gasteiger partial charge on any atom is -0.457 e. The molecule has 4 fully saturated rings. The van der Waals surface area contributed by atoms with Crippen LogP contribution in [-0.2, 0) is 27.1 Å². The van der Waals surface area contributed by atoms with Gasteiger partial charge in [0.1, 0.15) is 11.5 Å². The van der Waals surface area contributed by atoms with E-state index in [1.807, 2.05) is 0 Å². The van der Waals surface area contributed by atoms with Gasteiger partial charge in [-0.3, -0.25) is 0 Å². The molecule has 2 heteroatoms. The third-order valence-corrected chi connectivity index (χ3v) is 17.0. The van der Waals surface area contributed by atoms with Crippen molar-refractivity contribution in [3.8, 4) is 22.6 Å². The summed E-state index contributed by atoms with van der Waals surface area (Å²) in [5.41, 5.74) is 15.8. The highest BCUT2D eigenvalue weighted by atomic mass is 16.5. The molecule has 5 aromatic carbocycles. The van der Waals surface area contributed by atoms with Gasteiger partial charge in [-0.1, -0.05) is 122 Å². The Kier molecular flexibility index (Phi) is 7.84. The van der Waals surface area contributed by atoms with Crippen LogP contribution in [0.1, 0.15) is 147 Å². The molecule has 0 aromatic heterocycles. The van der Waals surface area contributed by atoms with Gasteiger partial charge in [-0.05, 0) is 173 Å². The van der Waals surface area contributed by atoms with Gasteiger partial charge in [-0.2, -0.15) is 0 Å². The molecule has 4 bridgehead atoms. The second kappa shape index (κ2) is 12.4. The highest BCUT2D eigenvalue weighted by molar-refractivity contribution is 5.85. The number of nitrogens with zero attached hydrogens (tertiary/aromatic N) is 1. The molecule has 4 saturated carbocycles. The molecule has 58 heavy (non-hydrogen) atoms. The normalized spacial score (nSPS) is 28.5. The fraction of sp³-hybridized carbons (Fsp3) is 0.464. The molecule has 12 rings (SSSR count). The summed E-state index contributed by atoms with van der Waals surface area (Å²) in [6.07, 6.45) is 11.5. The first-order valence-corrected chi connectivity index (χ1v) is 22.8. The molecule has 1 spiro atoms. The first kappa shape index (κ1) is 36.8. The van der Waals surface area contributed by atoms with Gasteiger partial charge in [-0.15, -0.1) is 0 Å². The van der Waals surface area contributed by atoms with Crippen LogP contribution in [-0.4, -0.2) is 0 Å². The molecule has 1 heterocycles. The summed E-state index contributed by atoms with van der Waals surface area (Å²) in [5, 5.41) is 0. The Morgan fingerprint density at radius 2 is 1.00 bits per heavy atom. The summed E-state index contributed by atoms with van der Waals surface area (Å²) in [4.78, 5) is 2.74. The molecule has 2 nitrogen and oxygen atoms in total. The first-order valence-electron chi connectivity index (χ1n) is 22.8. The Morgan fingerprint density at radius 3 is 1.57 bits per heavy atom. The molecule has 0 amide bonds. The third-order valence-electron chi connectivity index (χ3n) is 17.0. The summed E-state index contributed by atoms with van der Waals surface area (Å²) in [5.74, 6) is 5.07. The van der Waals surface area contributed by atoms with Crippen molar-refractivity contribution in [3.63, 3.8) is 0 Å². The SMILES string of the molecule is CC1(C)CCC(C)(C)c2c(N(c3ccc4c(c3)C3(c5c(cccc5-c5ccccc5)O4)C4CC5CC(C4)CC3C5)c3cccc4c3C(C)(C)CCC4(C)C)cccc21. The topological polar surface area (TPSA) is 12.5 Å². The predicted octanol–water partition coefficient (Wildman–Crippen LogP) is 15.4. The zero-order chi connectivity index (χ0) is 40.0. The van der Waals surface area contributed by atoms with Crippen molar-refractivity contribution < 1.29 is 4.74 Å². The summed E-state index contributed by atoms with van der Waals surface area (Å²) < 4.78 is 7.20. The molecule has 0 unspecified atom stereocenters. The van der Waals surface area contributed by atoms with Crippen LogP contribution in [0.3, 0.4) is 0 Å². The van der Waals surface area contributed by atoms with E-state index in [0.29, 0.717) is 11.8 Å². The van der Waals surface area contributed by atoms with E-state index in [-0.39, 0.29) is 27.1 Å². The monoisotopic (exact) mass is 765 g/mol. The Labute approximate surface area is 348 Å². The Hall–Kier alpha value is -4.30. The van der Waals surface area contributed by atoms with Crippen molar-refractivity contribution in [2.24, 2.45) is 23.7 Å². The number of anilines is 3. The number of fused-ring (bicyclic) bond motifs is 4. The third kappa shape index (κ3) is 5.15. The lowest BCUT2D eigenvalue weighted by Gasteiger charge is -2.63. The maximum atomic E-state index is 7.20. The maximum absolute atomic E-state index is 7.20. The van der Waals surface area contributed by atoms with Gasteiger partial charge in [0.15, 0.2) is 0 Å². The van der Waals surface area contributed by atoms with Gasteiger partial charge in [0.2, 0.25) is 0 Å². The van der Waals surface area contributed by atoms with Crippen molar-refractivity contribution in [2.45, 2.75) is 140 Å². The average molecular weight is 766 g/mol. The number of hydrogen-bond donors (Lipinski definition) is 0. The summed E-state index contributed by atoms with van der Waals surface area (Å²) in [7, 11) is 0. The summed E-state index contributed by atoms with van der Waals surface area (Å²) in [6, 6.07) is 40.1. The lowest BCUT2D eigenvalue weighted by molar-refractivity contribution is -0.0449. The fourth-order valence-corrected chi connectivity index (χ4v) is 14.2. The van der Waals surface area contributed by atoms with Crippen LogP contribution >= 0.6 is 0 Å². The van der Waals surface area contributed by atoms with E-state index >= 15 is 0 Å². The Balaban J connectivity index is 1.21. The van der Waals surface area contributed by atoms with Crippen LogP contribution < -0.4 is 9.64 Å². The summed E-state index contributed by atoms with van der Waals surface area (Å²) >= 11 is 0. The zero-order valence-electron chi connectivity index (χ0n) is 36.3. The van der Waals surface area contributed by atoms with Gasteiger partial charge < -0.3 is 9.64 Å². The maximum Gasteiger partial charge on any atom is 0.132 e. The van der Waals surface area contributed by atoms with Crippen molar-refractivity contribution in [1.29, 1.82) is 0 Å². The largest absolute Gasteiger partial charge is 0.457 e. The van der Waals surface area contributed by atoms with E-state index in [2.05, 4.69) is 163 Å². The van der Waals surface area contributed by atoms with E-state index < -0.39 is 0 Å². The number of ether oxygens (including phenoxy) is 1. The van der Waals surface area contributed by atoms with Crippen LogP contribution in [0, 0.1) is 23.7 Å². The van der Waals surface area contributed by atoms with Crippen LogP contribution in [0.2, 0.25) is 0 Å². The van der Waals surface area contributed by atoms with Gasteiger partial charge in [-0.25, -0.2) is 0 Å². The van der Waals surface area contributed by atoms with Gasteiger partial charge in [0.05, 0.1) is 11.4 Å². The Bertz CT molecular complexity index is 2350. The molecule has 7 aliphatic rings. The number of hydrogen-bond acceptors (Lipinski definition) is 2. The quantitative estimate of drug-likeness (QED) is 0.181. The molecular weight excluding hydrogens is 703 g/mol. The molecular formula is C56H63NO. The second-order valence-corrected chi connectivity index (χ2v) is 22.3. The van der Waals surface area contributed by atoms with Gasteiger partial charge in [0.25, 0.3) is 0 Å². The average Bonchev–Trinajstić information content (AvgIpc) is 3.20. The van der Waals surface area contributed by atoms with Crippen molar-refractivity contribution in [1.82, 2.24) is 0 Å². The number of benzene rings is 5. The van der Waals surface area contributed by atoms with Crippen LogP contribution in [0.25, 0.3) is 11.1 Å². The molecule has 0 atom stereocenters. The van der Waals surface area contributed by atoms with Crippen molar-refractivity contribution in [3.05, 3.63) is 137 Å². The standard InChI is InChI=1S/C56H63NO/c1-52(2)25-27-54(5,6)50-42(52)18-13-20-45(50)57(46-21-14-19-43-51(46)55(7,8)28-26-53(43,3)4)40-23-24-47-44(34-40)56(38-30-35-29-36(32-38)33-39(56)31-35)49-41(17-12-22-48(49)58-47)37-15-10-9-11-16-37/h9-24,34-36,38-39H,25-33H2,1-8H3.